The van der Waals surface area contributed by atoms with Gasteiger partial charge in [-0.2, -0.15) is 0 Å². The number of aryl methyl sites for hydroxylation is 3. The molecule has 5 nitrogen and oxygen atoms in total. The lowest BCUT2D eigenvalue weighted by atomic mass is 9.92. The number of ether oxygens (including phenoxy) is 1. The highest BCUT2D eigenvalue weighted by molar-refractivity contribution is 5.98. The van der Waals surface area contributed by atoms with Crippen molar-refractivity contribution >= 4 is 17.7 Å². The van der Waals surface area contributed by atoms with Crippen LogP contribution in [0.3, 0.4) is 0 Å². The first-order valence-electron chi connectivity index (χ1n) is 10.2. The van der Waals surface area contributed by atoms with Gasteiger partial charge in [-0.3, -0.25) is 9.59 Å². The van der Waals surface area contributed by atoms with Gasteiger partial charge in [0, 0.05) is 11.1 Å². The van der Waals surface area contributed by atoms with Gasteiger partial charge in [0.1, 0.15) is 12.6 Å². The average Bonchev–Trinajstić information content (AvgIpc) is 2.64. The highest BCUT2D eigenvalue weighted by Crippen LogP contribution is 2.24. The molecule has 0 saturated heterocycles. The SMILES string of the molecule is CC(=O)c1c(C)cc(C)c(COC(=O)[C@@H](NC(=O)c2ccccc2C)C(C)C)c1C. The summed E-state index contributed by atoms with van der Waals surface area (Å²) in [7, 11) is 0. The van der Waals surface area contributed by atoms with Crippen molar-refractivity contribution in [1.29, 1.82) is 0 Å². The number of Topliss-reactive ketones (excluding diaryl/α,β-unsaturated/α-hetero) is 1. The summed E-state index contributed by atoms with van der Waals surface area (Å²) < 4.78 is 5.59. The van der Waals surface area contributed by atoms with Crippen molar-refractivity contribution in [3.05, 3.63) is 69.3 Å². The fourth-order valence-corrected chi connectivity index (χ4v) is 3.77. The van der Waals surface area contributed by atoms with Crippen LogP contribution in [0.5, 0.6) is 0 Å². The van der Waals surface area contributed by atoms with Gasteiger partial charge < -0.3 is 10.1 Å². The van der Waals surface area contributed by atoms with Gasteiger partial charge in [0.25, 0.3) is 5.91 Å². The molecule has 0 unspecified atom stereocenters. The van der Waals surface area contributed by atoms with Crippen LogP contribution < -0.4 is 5.32 Å². The Morgan fingerprint density at radius 2 is 1.60 bits per heavy atom. The maximum absolute atomic E-state index is 12.8. The van der Waals surface area contributed by atoms with E-state index in [2.05, 4.69) is 5.32 Å². The van der Waals surface area contributed by atoms with Gasteiger partial charge in [0.2, 0.25) is 0 Å². The van der Waals surface area contributed by atoms with E-state index in [1.54, 1.807) is 12.1 Å². The molecule has 30 heavy (non-hydrogen) atoms. The maximum Gasteiger partial charge on any atom is 0.329 e. The molecule has 0 aromatic heterocycles. The summed E-state index contributed by atoms with van der Waals surface area (Å²) in [6.07, 6.45) is 0. The first-order chi connectivity index (χ1) is 14.0. The summed E-state index contributed by atoms with van der Waals surface area (Å²) in [5.74, 6) is -0.942. The van der Waals surface area contributed by atoms with Crippen LogP contribution in [0.15, 0.2) is 30.3 Å². The van der Waals surface area contributed by atoms with Crippen molar-refractivity contribution in [2.75, 3.05) is 0 Å². The Kier molecular flexibility index (Phi) is 7.54. The number of amides is 1. The van der Waals surface area contributed by atoms with Crippen LogP contribution in [0, 0.1) is 33.6 Å². The molecule has 1 amide bonds. The number of hydrogen-bond donors (Lipinski definition) is 1. The zero-order valence-corrected chi connectivity index (χ0v) is 18.9. The van der Waals surface area contributed by atoms with Crippen LogP contribution in [-0.4, -0.2) is 23.7 Å². The summed E-state index contributed by atoms with van der Waals surface area (Å²) in [6.45, 7) is 12.9. The van der Waals surface area contributed by atoms with Gasteiger partial charge in [-0.25, -0.2) is 4.79 Å². The number of hydrogen-bond acceptors (Lipinski definition) is 4. The number of rotatable bonds is 7. The number of benzene rings is 2. The lowest BCUT2D eigenvalue weighted by molar-refractivity contribution is -0.148. The molecule has 0 heterocycles. The normalized spacial score (nSPS) is 11.9. The molecule has 5 heteroatoms. The van der Waals surface area contributed by atoms with E-state index in [1.165, 1.54) is 6.92 Å². The lowest BCUT2D eigenvalue weighted by Gasteiger charge is -2.22. The van der Waals surface area contributed by atoms with Crippen LogP contribution >= 0.6 is 0 Å². The maximum atomic E-state index is 12.8. The van der Waals surface area contributed by atoms with E-state index in [1.807, 2.05) is 59.7 Å². The van der Waals surface area contributed by atoms with Crippen LogP contribution in [-0.2, 0) is 16.1 Å². The fourth-order valence-electron chi connectivity index (χ4n) is 3.77. The Balaban J connectivity index is 2.19. The molecule has 0 spiro atoms. The minimum Gasteiger partial charge on any atom is -0.459 e. The zero-order valence-electron chi connectivity index (χ0n) is 18.9. The van der Waals surface area contributed by atoms with Crippen molar-refractivity contribution in [2.24, 2.45) is 5.92 Å². The molecule has 0 aliphatic rings. The second-order valence-corrected chi connectivity index (χ2v) is 8.16. The molecule has 1 atom stereocenters. The van der Waals surface area contributed by atoms with E-state index in [9.17, 15) is 14.4 Å². The van der Waals surface area contributed by atoms with Crippen molar-refractivity contribution in [2.45, 2.75) is 61.1 Å². The molecule has 1 N–H and O–H groups in total. The molecular formula is C25H31NO4. The molecule has 2 aromatic rings. The summed E-state index contributed by atoms with van der Waals surface area (Å²) in [5.41, 5.74) is 5.58. The standard InChI is InChI=1S/C25H31NO4/c1-14(2)23(26-24(28)20-11-9-8-10-15(20)3)25(29)30-13-21-16(4)12-17(5)22(18(21)6)19(7)27/h8-12,14,23H,13H2,1-7H3,(H,26,28)/t23-/m0/s1. The molecule has 0 radical (unpaired) electrons. The molecule has 2 aromatic carbocycles. The van der Waals surface area contributed by atoms with Crippen LogP contribution in [0.4, 0.5) is 0 Å². The molecule has 160 valence electrons. The van der Waals surface area contributed by atoms with E-state index >= 15 is 0 Å². The Morgan fingerprint density at radius 1 is 0.967 bits per heavy atom. The third-order valence-corrected chi connectivity index (χ3v) is 5.44. The molecule has 2 rings (SSSR count). The van der Waals surface area contributed by atoms with Gasteiger partial charge in [0.05, 0.1) is 0 Å². The third-order valence-electron chi connectivity index (χ3n) is 5.44. The predicted octanol–water partition coefficient (Wildman–Crippen LogP) is 4.62. The van der Waals surface area contributed by atoms with Gasteiger partial charge >= 0.3 is 5.97 Å². The number of carbonyl (C=O) groups is 3. The summed E-state index contributed by atoms with van der Waals surface area (Å²) >= 11 is 0. The van der Waals surface area contributed by atoms with Crippen molar-refractivity contribution in [1.82, 2.24) is 5.32 Å². The predicted molar refractivity (Wildman–Crippen MR) is 118 cm³/mol. The van der Waals surface area contributed by atoms with Gasteiger partial charge in [-0.05, 0) is 74.4 Å². The molecule has 0 aliphatic heterocycles. The van der Waals surface area contributed by atoms with Gasteiger partial charge in [-0.15, -0.1) is 0 Å². The zero-order chi connectivity index (χ0) is 22.6. The highest BCUT2D eigenvalue weighted by Gasteiger charge is 2.27. The van der Waals surface area contributed by atoms with Crippen molar-refractivity contribution < 1.29 is 19.1 Å². The smallest absolute Gasteiger partial charge is 0.329 e. The topological polar surface area (TPSA) is 72.5 Å². The van der Waals surface area contributed by atoms with E-state index in [-0.39, 0.29) is 24.2 Å². The quantitative estimate of drug-likeness (QED) is 0.535. The summed E-state index contributed by atoms with van der Waals surface area (Å²) in [5, 5.41) is 2.81. The Bertz CT molecular complexity index is 975. The number of esters is 1. The molecule has 0 bridgehead atoms. The Labute approximate surface area is 178 Å². The van der Waals surface area contributed by atoms with Crippen LogP contribution in [0.2, 0.25) is 0 Å². The largest absolute Gasteiger partial charge is 0.459 e. The first kappa shape index (κ1) is 23.3. The Hall–Kier alpha value is -2.95. The van der Waals surface area contributed by atoms with Crippen LogP contribution in [0.25, 0.3) is 0 Å². The third kappa shape index (κ3) is 5.15. The van der Waals surface area contributed by atoms with E-state index in [4.69, 9.17) is 4.74 Å². The van der Waals surface area contributed by atoms with Gasteiger partial charge in [0.15, 0.2) is 5.78 Å². The summed E-state index contributed by atoms with van der Waals surface area (Å²) in [4.78, 5) is 37.5. The number of nitrogens with one attached hydrogen (secondary N) is 1. The molecular weight excluding hydrogens is 378 g/mol. The highest BCUT2D eigenvalue weighted by atomic mass is 16.5. The number of ketones is 1. The van der Waals surface area contributed by atoms with Crippen LogP contribution in [0.1, 0.15) is 69.3 Å². The van der Waals surface area contributed by atoms with Gasteiger partial charge in [-0.1, -0.05) is 38.1 Å². The lowest BCUT2D eigenvalue weighted by Crippen LogP contribution is -2.45. The average molecular weight is 410 g/mol. The minimum atomic E-state index is -0.768. The Morgan fingerprint density at radius 3 is 2.17 bits per heavy atom. The fraction of sp³-hybridized carbons (Fsp3) is 0.400. The number of carbonyl (C=O) groups excluding carboxylic acids is 3. The monoisotopic (exact) mass is 409 g/mol. The second kappa shape index (κ2) is 9.70. The van der Waals surface area contributed by atoms with Crippen molar-refractivity contribution in [3.63, 3.8) is 0 Å². The first-order valence-corrected chi connectivity index (χ1v) is 10.2. The summed E-state index contributed by atoms with van der Waals surface area (Å²) in [6, 6.07) is 8.41. The van der Waals surface area contributed by atoms with E-state index in [0.29, 0.717) is 11.1 Å². The van der Waals surface area contributed by atoms with E-state index in [0.717, 1.165) is 27.8 Å². The van der Waals surface area contributed by atoms with E-state index < -0.39 is 12.0 Å². The molecule has 0 aliphatic carbocycles. The minimum absolute atomic E-state index is 0.0110. The second-order valence-electron chi connectivity index (χ2n) is 8.16. The van der Waals surface area contributed by atoms with Crippen molar-refractivity contribution in [3.8, 4) is 0 Å². The molecule has 0 fully saturated rings. The molecule has 0 saturated carbocycles.